The van der Waals surface area contributed by atoms with Gasteiger partial charge in [-0.25, -0.2) is 0 Å². The van der Waals surface area contributed by atoms with E-state index in [-0.39, 0.29) is 0 Å². The molecule has 0 unspecified atom stereocenters. The van der Waals surface area contributed by atoms with E-state index in [1.807, 2.05) is 0 Å². The summed E-state index contributed by atoms with van der Waals surface area (Å²) in [5.41, 5.74) is 0.508. The maximum Gasteiger partial charge on any atom is 0.139 e. The molecule has 5 heteroatoms. The van der Waals surface area contributed by atoms with E-state index in [0.29, 0.717) is 21.4 Å². The SMILES string of the molecule is COc1cc(Cl)cc(C=NO)c1Cl. The minimum absolute atomic E-state index is 0.365. The zero-order chi connectivity index (χ0) is 9.84. The Kier molecular flexibility index (Phi) is 3.39. The van der Waals surface area contributed by atoms with Crippen molar-refractivity contribution in [3.63, 3.8) is 0 Å². The molecule has 0 spiro atoms. The number of nitrogens with zero attached hydrogens (tertiary/aromatic N) is 1. The van der Waals surface area contributed by atoms with Crippen LogP contribution in [0.5, 0.6) is 5.75 Å². The zero-order valence-electron chi connectivity index (χ0n) is 6.79. The summed E-state index contributed by atoms with van der Waals surface area (Å²) >= 11 is 11.6. The van der Waals surface area contributed by atoms with Crippen molar-refractivity contribution in [1.29, 1.82) is 0 Å². The van der Waals surface area contributed by atoms with Crippen LogP contribution in [0, 0.1) is 0 Å². The van der Waals surface area contributed by atoms with E-state index in [2.05, 4.69) is 5.16 Å². The molecule has 0 fully saturated rings. The lowest BCUT2D eigenvalue weighted by Crippen LogP contribution is -1.89. The average molecular weight is 220 g/mol. The first-order valence-electron chi connectivity index (χ1n) is 3.39. The van der Waals surface area contributed by atoms with Gasteiger partial charge in [-0.1, -0.05) is 28.4 Å². The second-order valence-corrected chi connectivity index (χ2v) is 3.07. The molecule has 1 aromatic rings. The molecule has 13 heavy (non-hydrogen) atoms. The van der Waals surface area contributed by atoms with Gasteiger partial charge in [0.2, 0.25) is 0 Å². The third-order valence-electron chi connectivity index (χ3n) is 1.45. The van der Waals surface area contributed by atoms with Crippen molar-refractivity contribution >= 4 is 29.4 Å². The summed E-state index contributed by atoms with van der Waals surface area (Å²) in [6.07, 6.45) is 1.19. The normalized spacial score (nSPS) is 10.7. The van der Waals surface area contributed by atoms with E-state index in [9.17, 15) is 0 Å². The molecule has 0 aliphatic carbocycles. The molecule has 0 radical (unpaired) electrons. The minimum Gasteiger partial charge on any atom is -0.495 e. The van der Waals surface area contributed by atoms with E-state index in [1.54, 1.807) is 12.1 Å². The summed E-state index contributed by atoms with van der Waals surface area (Å²) in [5.74, 6) is 0.448. The highest BCUT2D eigenvalue weighted by atomic mass is 35.5. The number of benzene rings is 1. The predicted octanol–water partition coefficient (Wildman–Crippen LogP) is 2.81. The quantitative estimate of drug-likeness (QED) is 0.473. The van der Waals surface area contributed by atoms with Crippen LogP contribution in [0.2, 0.25) is 10.0 Å². The summed E-state index contributed by atoms with van der Waals surface area (Å²) in [6, 6.07) is 3.16. The van der Waals surface area contributed by atoms with E-state index >= 15 is 0 Å². The van der Waals surface area contributed by atoms with Gasteiger partial charge in [0.1, 0.15) is 5.75 Å². The van der Waals surface area contributed by atoms with Gasteiger partial charge < -0.3 is 9.94 Å². The van der Waals surface area contributed by atoms with E-state index < -0.39 is 0 Å². The van der Waals surface area contributed by atoms with E-state index in [0.717, 1.165) is 0 Å². The van der Waals surface area contributed by atoms with Gasteiger partial charge in [0.15, 0.2) is 0 Å². The molecule has 70 valence electrons. The third-order valence-corrected chi connectivity index (χ3v) is 2.07. The molecule has 0 bridgehead atoms. The summed E-state index contributed by atoms with van der Waals surface area (Å²) < 4.78 is 4.95. The fourth-order valence-electron chi connectivity index (χ4n) is 0.889. The molecular weight excluding hydrogens is 213 g/mol. The van der Waals surface area contributed by atoms with Gasteiger partial charge in [-0.15, -0.1) is 0 Å². The lowest BCUT2D eigenvalue weighted by molar-refractivity contribution is 0.322. The van der Waals surface area contributed by atoms with Crippen LogP contribution in [0.15, 0.2) is 17.3 Å². The summed E-state index contributed by atoms with van der Waals surface area (Å²) in [6.45, 7) is 0. The highest BCUT2D eigenvalue weighted by molar-refractivity contribution is 6.36. The van der Waals surface area contributed by atoms with Crippen LogP contribution in [0.25, 0.3) is 0 Å². The Morgan fingerprint density at radius 1 is 1.46 bits per heavy atom. The largest absolute Gasteiger partial charge is 0.495 e. The van der Waals surface area contributed by atoms with Crippen molar-refractivity contribution in [3.05, 3.63) is 27.7 Å². The van der Waals surface area contributed by atoms with Crippen LogP contribution in [0.1, 0.15) is 5.56 Å². The first-order valence-corrected chi connectivity index (χ1v) is 4.15. The topological polar surface area (TPSA) is 41.8 Å². The summed E-state index contributed by atoms with van der Waals surface area (Å²) in [4.78, 5) is 0. The van der Waals surface area contributed by atoms with Gasteiger partial charge in [-0.2, -0.15) is 0 Å². The molecule has 0 amide bonds. The molecule has 0 atom stereocenters. The van der Waals surface area contributed by atoms with Crippen LogP contribution in [-0.4, -0.2) is 18.5 Å². The molecule has 0 aliphatic rings. The first-order chi connectivity index (χ1) is 6.19. The maximum atomic E-state index is 8.33. The third kappa shape index (κ3) is 2.26. The Balaban J connectivity index is 3.26. The van der Waals surface area contributed by atoms with Crippen LogP contribution >= 0.6 is 23.2 Å². The summed E-state index contributed by atoms with van der Waals surface area (Å²) in [7, 11) is 1.48. The molecular formula is C8H7Cl2NO2. The zero-order valence-corrected chi connectivity index (χ0v) is 8.30. The average Bonchev–Trinajstić information content (AvgIpc) is 2.11. The monoisotopic (exact) mass is 219 g/mol. The van der Waals surface area contributed by atoms with Gasteiger partial charge >= 0.3 is 0 Å². The van der Waals surface area contributed by atoms with Gasteiger partial charge in [-0.05, 0) is 6.07 Å². The van der Waals surface area contributed by atoms with Crippen molar-refractivity contribution in [2.75, 3.05) is 7.11 Å². The Labute approximate surface area is 85.5 Å². The van der Waals surface area contributed by atoms with Crippen molar-refractivity contribution in [2.24, 2.45) is 5.16 Å². The molecule has 0 aliphatic heterocycles. The molecule has 0 aromatic heterocycles. The lowest BCUT2D eigenvalue weighted by Gasteiger charge is -2.05. The second-order valence-electron chi connectivity index (χ2n) is 2.26. The Bertz CT molecular complexity index is 339. The Morgan fingerprint density at radius 3 is 2.69 bits per heavy atom. The Morgan fingerprint density at radius 2 is 2.15 bits per heavy atom. The maximum absolute atomic E-state index is 8.33. The molecule has 1 aromatic carbocycles. The van der Waals surface area contributed by atoms with Crippen LogP contribution in [0.4, 0.5) is 0 Å². The van der Waals surface area contributed by atoms with Gasteiger partial charge in [0, 0.05) is 16.7 Å². The molecule has 1 N–H and O–H groups in total. The number of rotatable bonds is 2. The van der Waals surface area contributed by atoms with Gasteiger partial charge in [0.05, 0.1) is 18.3 Å². The van der Waals surface area contributed by atoms with Crippen molar-refractivity contribution in [2.45, 2.75) is 0 Å². The smallest absolute Gasteiger partial charge is 0.139 e. The number of ether oxygens (including phenoxy) is 1. The van der Waals surface area contributed by atoms with Crippen molar-refractivity contribution < 1.29 is 9.94 Å². The highest BCUT2D eigenvalue weighted by Crippen LogP contribution is 2.30. The fourth-order valence-corrected chi connectivity index (χ4v) is 1.34. The van der Waals surface area contributed by atoms with Crippen LogP contribution < -0.4 is 4.74 Å². The number of halogens is 2. The van der Waals surface area contributed by atoms with Gasteiger partial charge in [-0.3, -0.25) is 0 Å². The molecule has 0 saturated heterocycles. The van der Waals surface area contributed by atoms with Crippen LogP contribution in [0.3, 0.4) is 0 Å². The Hall–Kier alpha value is -0.930. The summed E-state index contributed by atoms with van der Waals surface area (Å²) in [5, 5.41) is 12.0. The van der Waals surface area contributed by atoms with Crippen LogP contribution in [-0.2, 0) is 0 Å². The fraction of sp³-hybridized carbons (Fsp3) is 0.125. The van der Waals surface area contributed by atoms with E-state index in [1.165, 1.54) is 13.3 Å². The minimum atomic E-state index is 0.365. The number of hydrogen-bond acceptors (Lipinski definition) is 3. The molecule has 3 nitrogen and oxygen atoms in total. The van der Waals surface area contributed by atoms with Crippen molar-refractivity contribution in [1.82, 2.24) is 0 Å². The molecule has 1 rings (SSSR count). The lowest BCUT2D eigenvalue weighted by atomic mass is 10.2. The molecule has 0 saturated carbocycles. The number of hydrogen-bond donors (Lipinski definition) is 1. The standard InChI is InChI=1S/C8H7Cl2NO2/c1-13-7-3-6(9)2-5(4-11-12)8(7)10/h2-4,12H,1H3. The molecule has 0 heterocycles. The number of methoxy groups -OCH3 is 1. The predicted molar refractivity (Wildman–Crippen MR) is 52.4 cm³/mol. The van der Waals surface area contributed by atoms with E-state index in [4.69, 9.17) is 33.1 Å². The van der Waals surface area contributed by atoms with Crippen molar-refractivity contribution in [3.8, 4) is 5.75 Å². The number of oxime groups is 1. The second kappa shape index (κ2) is 4.35. The van der Waals surface area contributed by atoms with Gasteiger partial charge in [0.25, 0.3) is 0 Å². The highest BCUT2D eigenvalue weighted by Gasteiger charge is 2.07. The first kappa shape index (κ1) is 10.2.